The Kier molecular flexibility index (Phi) is 2.73. The number of nitrogen functional groups attached to an aromatic ring is 1. The second kappa shape index (κ2) is 4.53. The Labute approximate surface area is 107 Å². The zero-order valence-corrected chi connectivity index (χ0v) is 10.2. The first-order chi connectivity index (χ1) is 8.81. The van der Waals surface area contributed by atoms with Crippen LogP contribution in [0.5, 0.6) is 0 Å². The van der Waals surface area contributed by atoms with Crippen LogP contribution in [-0.2, 0) is 6.54 Å². The second-order valence-corrected chi connectivity index (χ2v) is 4.58. The molecule has 7 heteroatoms. The van der Waals surface area contributed by atoms with Crippen LogP contribution >= 0.6 is 11.3 Å². The fourth-order valence-corrected chi connectivity index (χ4v) is 2.30. The van der Waals surface area contributed by atoms with Gasteiger partial charge in [0.15, 0.2) is 5.13 Å². The maximum Gasteiger partial charge on any atom is 0.185 e. The molecule has 0 aliphatic rings. The Balaban J connectivity index is 1.76. The quantitative estimate of drug-likeness (QED) is 0.742. The summed E-state index contributed by atoms with van der Waals surface area (Å²) in [6, 6.07) is 5.46. The number of aromatic nitrogens is 4. The van der Waals surface area contributed by atoms with Crippen molar-refractivity contribution in [2.24, 2.45) is 0 Å². The van der Waals surface area contributed by atoms with E-state index < -0.39 is 0 Å². The van der Waals surface area contributed by atoms with E-state index in [2.05, 4.69) is 25.3 Å². The van der Waals surface area contributed by atoms with Crippen molar-refractivity contribution >= 4 is 32.6 Å². The molecule has 3 N–H and O–H groups in total. The largest absolute Gasteiger partial charge is 0.384 e. The Hall–Kier alpha value is -2.28. The van der Waals surface area contributed by atoms with E-state index in [1.807, 2.05) is 12.1 Å². The third kappa shape index (κ3) is 2.21. The minimum Gasteiger partial charge on any atom is -0.384 e. The number of fused-ring (bicyclic) bond motifs is 1. The molecular weight excluding hydrogens is 248 g/mol. The average molecular weight is 258 g/mol. The van der Waals surface area contributed by atoms with E-state index in [4.69, 9.17) is 5.73 Å². The van der Waals surface area contributed by atoms with Gasteiger partial charge in [-0.25, -0.2) is 19.9 Å². The maximum absolute atomic E-state index is 5.59. The maximum atomic E-state index is 5.59. The van der Waals surface area contributed by atoms with Crippen LogP contribution in [0.4, 0.5) is 10.9 Å². The van der Waals surface area contributed by atoms with Crippen LogP contribution in [0.2, 0.25) is 0 Å². The lowest BCUT2D eigenvalue weighted by Crippen LogP contribution is -2.05. The van der Waals surface area contributed by atoms with Crippen molar-refractivity contribution in [2.45, 2.75) is 6.54 Å². The molecule has 0 unspecified atom stereocenters. The third-order valence-electron chi connectivity index (χ3n) is 2.29. The van der Waals surface area contributed by atoms with E-state index in [-0.39, 0.29) is 0 Å². The van der Waals surface area contributed by atoms with Crippen LogP contribution in [0.25, 0.3) is 10.3 Å². The van der Waals surface area contributed by atoms with Gasteiger partial charge in [-0.15, -0.1) is 0 Å². The molecule has 3 aromatic heterocycles. The van der Waals surface area contributed by atoms with Gasteiger partial charge in [0.1, 0.15) is 22.0 Å². The highest BCUT2D eigenvalue weighted by molar-refractivity contribution is 7.21. The van der Waals surface area contributed by atoms with Crippen LogP contribution in [0.3, 0.4) is 0 Å². The monoisotopic (exact) mass is 258 g/mol. The van der Waals surface area contributed by atoms with Gasteiger partial charge in [0.2, 0.25) is 0 Å². The van der Waals surface area contributed by atoms with Gasteiger partial charge in [-0.1, -0.05) is 11.3 Å². The predicted octanol–water partition coefficient (Wildman–Crippen LogP) is 1.68. The number of thiazole rings is 1. The topological polar surface area (TPSA) is 89.6 Å². The van der Waals surface area contributed by atoms with Gasteiger partial charge >= 0.3 is 0 Å². The van der Waals surface area contributed by atoms with Crippen molar-refractivity contribution in [3.05, 3.63) is 36.4 Å². The lowest BCUT2D eigenvalue weighted by molar-refractivity contribution is 0.952. The molecule has 0 saturated heterocycles. The minimum atomic E-state index is 0.466. The number of pyridine rings is 1. The summed E-state index contributed by atoms with van der Waals surface area (Å²) < 4.78 is 0. The standard InChI is InChI=1S/C11H10N6S/c12-8-3-5-13-9(17-8)6-15-11-16-7-2-1-4-14-10(7)18-11/h1-5H,6H2,(H,15,16)(H2,12,13,17). The molecule has 0 aliphatic heterocycles. The number of nitrogens with two attached hydrogens (primary N) is 1. The normalized spacial score (nSPS) is 10.7. The number of hydrogen-bond donors (Lipinski definition) is 2. The van der Waals surface area contributed by atoms with E-state index in [9.17, 15) is 0 Å². The Morgan fingerprint density at radius 1 is 1.17 bits per heavy atom. The number of rotatable bonds is 3. The number of nitrogens with one attached hydrogen (secondary N) is 1. The first kappa shape index (κ1) is 10.8. The van der Waals surface area contributed by atoms with Crippen LogP contribution < -0.4 is 11.1 Å². The van der Waals surface area contributed by atoms with Crippen LogP contribution in [0.1, 0.15) is 5.82 Å². The van der Waals surface area contributed by atoms with Gasteiger partial charge in [0.05, 0.1) is 6.54 Å². The summed E-state index contributed by atoms with van der Waals surface area (Å²) in [5.41, 5.74) is 6.47. The van der Waals surface area contributed by atoms with Crippen LogP contribution in [0, 0.1) is 0 Å². The molecule has 0 spiro atoms. The Bertz CT molecular complexity index is 647. The molecular formula is C11H10N6S. The van der Waals surface area contributed by atoms with Crippen LogP contribution in [0.15, 0.2) is 30.6 Å². The third-order valence-corrected chi connectivity index (χ3v) is 3.23. The molecule has 3 heterocycles. The van der Waals surface area contributed by atoms with Gasteiger partial charge in [0.25, 0.3) is 0 Å². The minimum absolute atomic E-state index is 0.466. The summed E-state index contributed by atoms with van der Waals surface area (Å²) in [5, 5.41) is 3.97. The lowest BCUT2D eigenvalue weighted by atomic mass is 10.5. The molecule has 0 radical (unpaired) electrons. The summed E-state index contributed by atoms with van der Waals surface area (Å²) in [6.45, 7) is 0.491. The lowest BCUT2D eigenvalue weighted by Gasteiger charge is -2.01. The molecule has 3 aromatic rings. The van der Waals surface area contributed by atoms with E-state index in [1.54, 1.807) is 18.5 Å². The molecule has 0 aliphatic carbocycles. The van der Waals surface area contributed by atoms with Gasteiger partial charge in [-0.2, -0.15) is 0 Å². The van der Waals surface area contributed by atoms with Gasteiger partial charge in [-0.05, 0) is 18.2 Å². The highest BCUT2D eigenvalue weighted by Gasteiger charge is 2.04. The van der Waals surface area contributed by atoms with Crippen molar-refractivity contribution in [3.8, 4) is 0 Å². The Morgan fingerprint density at radius 3 is 2.94 bits per heavy atom. The SMILES string of the molecule is Nc1ccnc(CNc2nc3cccnc3s2)n1. The van der Waals surface area contributed by atoms with Crippen molar-refractivity contribution in [1.82, 2.24) is 19.9 Å². The van der Waals surface area contributed by atoms with Gasteiger partial charge < -0.3 is 11.1 Å². The molecule has 6 nitrogen and oxygen atoms in total. The first-order valence-electron chi connectivity index (χ1n) is 5.34. The number of anilines is 2. The van der Waals surface area contributed by atoms with E-state index in [1.165, 1.54) is 11.3 Å². The molecule has 0 aromatic carbocycles. The molecule has 0 bridgehead atoms. The highest BCUT2D eigenvalue weighted by atomic mass is 32.1. The Morgan fingerprint density at radius 2 is 2.11 bits per heavy atom. The molecule has 90 valence electrons. The van der Waals surface area contributed by atoms with E-state index >= 15 is 0 Å². The molecule has 0 fully saturated rings. The molecule has 18 heavy (non-hydrogen) atoms. The van der Waals surface area contributed by atoms with Crippen molar-refractivity contribution in [3.63, 3.8) is 0 Å². The molecule has 0 saturated carbocycles. The van der Waals surface area contributed by atoms with Crippen molar-refractivity contribution in [2.75, 3.05) is 11.1 Å². The summed E-state index contributed by atoms with van der Waals surface area (Å²) in [5.74, 6) is 1.11. The molecule has 0 atom stereocenters. The first-order valence-corrected chi connectivity index (χ1v) is 6.16. The number of hydrogen-bond acceptors (Lipinski definition) is 7. The van der Waals surface area contributed by atoms with E-state index in [0.29, 0.717) is 18.2 Å². The predicted molar refractivity (Wildman–Crippen MR) is 71.2 cm³/mol. The van der Waals surface area contributed by atoms with Gasteiger partial charge in [0, 0.05) is 12.4 Å². The summed E-state index contributed by atoms with van der Waals surface area (Å²) >= 11 is 1.50. The number of nitrogens with zero attached hydrogens (tertiary/aromatic N) is 4. The summed E-state index contributed by atoms with van der Waals surface area (Å²) in [4.78, 5) is 17.8. The summed E-state index contributed by atoms with van der Waals surface area (Å²) in [7, 11) is 0. The smallest absolute Gasteiger partial charge is 0.185 e. The van der Waals surface area contributed by atoms with Crippen LogP contribution in [-0.4, -0.2) is 19.9 Å². The summed E-state index contributed by atoms with van der Waals surface area (Å²) in [6.07, 6.45) is 3.39. The average Bonchev–Trinajstić information content (AvgIpc) is 2.79. The zero-order valence-electron chi connectivity index (χ0n) is 9.37. The molecule has 3 rings (SSSR count). The van der Waals surface area contributed by atoms with Crippen molar-refractivity contribution < 1.29 is 0 Å². The zero-order chi connectivity index (χ0) is 12.4. The second-order valence-electron chi connectivity index (χ2n) is 3.60. The van der Waals surface area contributed by atoms with E-state index in [0.717, 1.165) is 15.5 Å². The fraction of sp³-hybridized carbons (Fsp3) is 0.0909. The van der Waals surface area contributed by atoms with Crippen molar-refractivity contribution in [1.29, 1.82) is 0 Å². The molecule has 0 amide bonds. The fourth-order valence-electron chi connectivity index (χ4n) is 1.50. The van der Waals surface area contributed by atoms with Gasteiger partial charge in [-0.3, -0.25) is 0 Å². The highest BCUT2D eigenvalue weighted by Crippen LogP contribution is 2.23.